The molecule has 0 aliphatic rings. The molecule has 128 valence electrons. The Hall–Kier alpha value is -3.93. The Labute approximate surface area is 153 Å². The molecule has 0 amide bonds. The lowest BCUT2D eigenvalue weighted by atomic mass is 10.00. The summed E-state index contributed by atoms with van der Waals surface area (Å²) in [5, 5.41) is 23.9. The van der Waals surface area contributed by atoms with Crippen LogP contribution in [-0.2, 0) is 0 Å². The molecule has 1 aromatic heterocycles. The van der Waals surface area contributed by atoms with E-state index in [-0.39, 0.29) is 5.69 Å². The van der Waals surface area contributed by atoms with E-state index in [4.69, 9.17) is 4.98 Å². The third-order valence-corrected chi connectivity index (χ3v) is 4.66. The van der Waals surface area contributed by atoms with Crippen LogP contribution in [0.15, 0.2) is 72.8 Å². The quantitative estimate of drug-likeness (QED) is 0.256. The zero-order valence-electron chi connectivity index (χ0n) is 14.0. The predicted octanol–water partition coefficient (Wildman–Crippen LogP) is 4.91. The number of fused-ring (bicyclic) bond motifs is 6. The van der Waals surface area contributed by atoms with E-state index in [9.17, 15) is 10.1 Å². The molecule has 4 aromatic carbocycles. The van der Waals surface area contributed by atoms with E-state index in [1.54, 1.807) is 12.1 Å². The fourth-order valence-corrected chi connectivity index (χ4v) is 3.42. The number of hydrogen-bond acceptors (Lipinski definition) is 5. The van der Waals surface area contributed by atoms with Gasteiger partial charge >= 0.3 is 0 Å². The highest BCUT2D eigenvalue weighted by Crippen LogP contribution is 2.33. The molecule has 1 heterocycles. The summed E-state index contributed by atoms with van der Waals surface area (Å²) in [4.78, 5) is 15.4. The molecule has 5 aromatic rings. The predicted molar refractivity (Wildman–Crippen MR) is 104 cm³/mol. The topological polar surface area (TPSA) is 81.8 Å². The SMILES string of the molecule is O=[N+]([O-])c1cccc(-c2nnc3c4ccccc4c4ccccc4c3n2)c1. The normalized spacial score (nSPS) is 11.3. The van der Waals surface area contributed by atoms with E-state index < -0.39 is 4.92 Å². The van der Waals surface area contributed by atoms with Crippen LogP contribution < -0.4 is 0 Å². The average molecular weight is 352 g/mol. The average Bonchev–Trinajstić information content (AvgIpc) is 2.73. The zero-order valence-corrected chi connectivity index (χ0v) is 14.0. The maximum atomic E-state index is 11.1. The molecule has 0 fully saturated rings. The van der Waals surface area contributed by atoms with Crippen molar-refractivity contribution in [3.8, 4) is 11.4 Å². The van der Waals surface area contributed by atoms with Crippen molar-refractivity contribution in [2.45, 2.75) is 0 Å². The summed E-state index contributed by atoms with van der Waals surface area (Å²) in [5.74, 6) is 0.367. The summed E-state index contributed by atoms with van der Waals surface area (Å²) in [7, 11) is 0. The first-order chi connectivity index (χ1) is 13.2. The summed E-state index contributed by atoms with van der Waals surface area (Å²) < 4.78 is 0. The minimum absolute atomic E-state index is 0.000401. The van der Waals surface area contributed by atoms with Crippen LogP contribution in [0, 0.1) is 10.1 Å². The lowest BCUT2D eigenvalue weighted by molar-refractivity contribution is -0.384. The van der Waals surface area contributed by atoms with Crippen molar-refractivity contribution >= 4 is 38.3 Å². The molecule has 27 heavy (non-hydrogen) atoms. The van der Waals surface area contributed by atoms with E-state index >= 15 is 0 Å². The fraction of sp³-hybridized carbons (Fsp3) is 0. The highest BCUT2D eigenvalue weighted by atomic mass is 16.6. The Balaban J connectivity index is 1.86. The monoisotopic (exact) mass is 352 g/mol. The van der Waals surface area contributed by atoms with Crippen molar-refractivity contribution in [1.82, 2.24) is 15.2 Å². The number of aromatic nitrogens is 3. The van der Waals surface area contributed by atoms with Crippen LogP contribution in [0.1, 0.15) is 0 Å². The standard InChI is InChI=1S/C21H12N4O2/c26-25(27)14-7-5-6-13(12-14)21-22-19-17-10-3-1-8-15(17)16-9-2-4-11-18(16)20(19)23-24-21/h1-12H. The van der Waals surface area contributed by atoms with Gasteiger partial charge in [0, 0.05) is 28.5 Å². The second-order valence-electron chi connectivity index (χ2n) is 6.23. The molecular weight excluding hydrogens is 340 g/mol. The minimum Gasteiger partial charge on any atom is -0.258 e. The second-order valence-corrected chi connectivity index (χ2v) is 6.23. The van der Waals surface area contributed by atoms with Crippen LogP contribution in [-0.4, -0.2) is 20.1 Å². The summed E-state index contributed by atoms with van der Waals surface area (Å²) in [6.07, 6.45) is 0. The number of rotatable bonds is 2. The van der Waals surface area contributed by atoms with Crippen LogP contribution >= 0.6 is 0 Å². The molecule has 0 atom stereocenters. The van der Waals surface area contributed by atoms with E-state index in [1.807, 2.05) is 36.4 Å². The first kappa shape index (κ1) is 15.3. The maximum absolute atomic E-state index is 11.1. The molecule has 6 heteroatoms. The molecular formula is C21H12N4O2. The zero-order chi connectivity index (χ0) is 18.4. The van der Waals surface area contributed by atoms with Crippen molar-refractivity contribution in [3.63, 3.8) is 0 Å². The second kappa shape index (κ2) is 5.81. The van der Waals surface area contributed by atoms with Crippen molar-refractivity contribution in [1.29, 1.82) is 0 Å². The molecule has 0 aliphatic carbocycles. The van der Waals surface area contributed by atoms with Crippen molar-refractivity contribution in [2.75, 3.05) is 0 Å². The van der Waals surface area contributed by atoms with Gasteiger partial charge in [-0.05, 0) is 10.8 Å². The van der Waals surface area contributed by atoms with Crippen LogP contribution in [0.3, 0.4) is 0 Å². The third-order valence-electron chi connectivity index (χ3n) is 4.66. The molecule has 0 saturated carbocycles. The van der Waals surface area contributed by atoms with Gasteiger partial charge in [0.15, 0.2) is 5.82 Å². The van der Waals surface area contributed by atoms with Gasteiger partial charge < -0.3 is 0 Å². The first-order valence-electron chi connectivity index (χ1n) is 8.41. The number of hydrogen-bond donors (Lipinski definition) is 0. The summed E-state index contributed by atoms with van der Waals surface area (Å²) in [5.41, 5.74) is 2.02. The van der Waals surface area contributed by atoms with E-state index in [2.05, 4.69) is 22.3 Å². The molecule has 0 unspecified atom stereocenters. The molecule has 0 saturated heterocycles. The number of non-ortho nitro benzene ring substituents is 1. The maximum Gasteiger partial charge on any atom is 0.270 e. The van der Waals surface area contributed by atoms with Crippen LogP contribution in [0.2, 0.25) is 0 Å². The molecule has 5 rings (SSSR count). The van der Waals surface area contributed by atoms with Crippen molar-refractivity contribution in [2.24, 2.45) is 0 Å². The highest BCUT2D eigenvalue weighted by molar-refractivity contribution is 6.22. The highest BCUT2D eigenvalue weighted by Gasteiger charge is 2.14. The molecule has 6 nitrogen and oxygen atoms in total. The molecule has 0 spiro atoms. The van der Waals surface area contributed by atoms with Gasteiger partial charge in [-0.15, -0.1) is 10.2 Å². The largest absolute Gasteiger partial charge is 0.270 e. The Morgan fingerprint density at radius 2 is 1.33 bits per heavy atom. The van der Waals surface area contributed by atoms with Gasteiger partial charge in [-0.2, -0.15) is 0 Å². The van der Waals surface area contributed by atoms with Crippen LogP contribution in [0.4, 0.5) is 5.69 Å². The van der Waals surface area contributed by atoms with E-state index in [1.165, 1.54) is 12.1 Å². The number of nitrogens with zero attached hydrogens (tertiary/aromatic N) is 4. The summed E-state index contributed by atoms with van der Waals surface area (Å²) >= 11 is 0. The van der Waals surface area contributed by atoms with Crippen LogP contribution in [0.5, 0.6) is 0 Å². The summed E-state index contributed by atoms with van der Waals surface area (Å²) in [6.45, 7) is 0. The van der Waals surface area contributed by atoms with Gasteiger partial charge in [-0.25, -0.2) is 4.98 Å². The van der Waals surface area contributed by atoms with Gasteiger partial charge in [-0.1, -0.05) is 60.7 Å². The van der Waals surface area contributed by atoms with Crippen molar-refractivity contribution < 1.29 is 4.92 Å². The molecule has 0 N–H and O–H groups in total. The first-order valence-corrected chi connectivity index (χ1v) is 8.41. The Bertz CT molecular complexity index is 1330. The minimum atomic E-state index is -0.430. The number of nitro groups is 1. The lowest BCUT2D eigenvalue weighted by Crippen LogP contribution is -1.97. The number of nitro benzene ring substituents is 1. The van der Waals surface area contributed by atoms with Crippen molar-refractivity contribution in [3.05, 3.63) is 82.9 Å². The van der Waals surface area contributed by atoms with Gasteiger partial charge in [0.05, 0.1) is 4.92 Å². The van der Waals surface area contributed by atoms with Crippen LogP contribution in [0.25, 0.3) is 44.0 Å². The Kier molecular flexibility index (Phi) is 3.30. The molecule has 0 aliphatic heterocycles. The third kappa shape index (κ3) is 2.38. The summed E-state index contributed by atoms with van der Waals surface area (Å²) in [6, 6.07) is 22.3. The lowest BCUT2D eigenvalue weighted by Gasteiger charge is -2.09. The Morgan fingerprint density at radius 1 is 0.704 bits per heavy atom. The van der Waals surface area contributed by atoms with E-state index in [0.717, 1.165) is 32.6 Å². The van der Waals surface area contributed by atoms with Gasteiger partial charge in [0.2, 0.25) is 0 Å². The smallest absolute Gasteiger partial charge is 0.258 e. The van der Waals surface area contributed by atoms with Gasteiger partial charge in [0.1, 0.15) is 11.0 Å². The van der Waals surface area contributed by atoms with Gasteiger partial charge in [-0.3, -0.25) is 10.1 Å². The van der Waals surface area contributed by atoms with E-state index in [0.29, 0.717) is 11.4 Å². The number of benzene rings is 4. The molecule has 0 bridgehead atoms. The van der Waals surface area contributed by atoms with Gasteiger partial charge in [0.25, 0.3) is 5.69 Å². The fourth-order valence-electron chi connectivity index (χ4n) is 3.42. The molecule has 0 radical (unpaired) electrons. The Morgan fingerprint density at radius 3 is 2.00 bits per heavy atom.